The Hall–Kier alpha value is -3.69. The Morgan fingerprint density at radius 3 is 2.60 bits per heavy atom. The van der Waals surface area contributed by atoms with Gasteiger partial charge in [-0.1, -0.05) is 12.1 Å². The van der Waals surface area contributed by atoms with Gasteiger partial charge in [-0.15, -0.1) is 0 Å². The van der Waals surface area contributed by atoms with Crippen molar-refractivity contribution in [2.24, 2.45) is 14.1 Å². The minimum Gasteiger partial charge on any atom is -0.337 e. The summed E-state index contributed by atoms with van der Waals surface area (Å²) in [5.74, 6) is 0.391. The van der Waals surface area contributed by atoms with E-state index in [2.05, 4.69) is 9.97 Å². The highest BCUT2D eigenvalue weighted by molar-refractivity contribution is 5.78. The average Bonchev–Trinajstić information content (AvgIpc) is 3.29. The fourth-order valence-corrected chi connectivity index (χ4v) is 3.69. The number of hydrogen-bond donors (Lipinski definition) is 0. The van der Waals surface area contributed by atoms with Crippen molar-refractivity contribution in [1.29, 1.82) is 0 Å². The van der Waals surface area contributed by atoms with Crippen molar-refractivity contribution in [1.82, 2.24) is 33.1 Å². The van der Waals surface area contributed by atoms with Crippen LogP contribution in [0.25, 0.3) is 22.2 Å². The number of nitrogens with zero attached hydrogens (tertiary/aromatic N) is 7. The van der Waals surface area contributed by atoms with Crippen LogP contribution in [0.3, 0.4) is 0 Å². The number of imidazole rings is 2. The minimum atomic E-state index is -0.575. The van der Waals surface area contributed by atoms with Crippen molar-refractivity contribution in [2.75, 3.05) is 7.05 Å². The third-order valence-corrected chi connectivity index (χ3v) is 5.35. The molecule has 10 nitrogen and oxygen atoms in total. The molecule has 0 saturated heterocycles. The van der Waals surface area contributed by atoms with Crippen LogP contribution < -0.4 is 11.2 Å². The second-order valence-electron chi connectivity index (χ2n) is 7.27. The fraction of sp³-hybridized carbons (Fsp3) is 0.350. The summed E-state index contributed by atoms with van der Waals surface area (Å²) in [6.45, 7) is 2.65. The van der Waals surface area contributed by atoms with Crippen molar-refractivity contribution in [3.63, 3.8) is 0 Å². The molecule has 156 valence electrons. The van der Waals surface area contributed by atoms with E-state index in [1.54, 1.807) is 18.7 Å². The number of amides is 1. The summed E-state index contributed by atoms with van der Waals surface area (Å²) in [4.78, 5) is 48.5. The molecule has 30 heavy (non-hydrogen) atoms. The van der Waals surface area contributed by atoms with Gasteiger partial charge >= 0.3 is 5.69 Å². The van der Waals surface area contributed by atoms with Gasteiger partial charge in [-0.3, -0.25) is 14.2 Å². The lowest BCUT2D eigenvalue weighted by Crippen LogP contribution is -2.44. The predicted octanol–water partition coefficient (Wildman–Crippen LogP) is 0.462. The Balaban J connectivity index is 1.65. The first-order valence-corrected chi connectivity index (χ1v) is 9.62. The third-order valence-electron chi connectivity index (χ3n) is 5.35. The lowest BCUT2D eigenvalue weighted by Gasteiger charge is -2.18. The van der Waals surface area contributed by atoms with Crippen molar-refractivity contribution in [3.8, 4) is 0 Å². The maximum absolute atomic E-state index is 12.9. The van der Waals surface area contributed by atoms with Crippen molar-refractivity contribution >= 4 is 28.1 Å². The standard InChI is InChI=1S/C20H23N7O3/c1-5-26-14-9-7-6-8-13(14)22-15(26)10-23(2)16(28)11-27-19(29)17-18(21-12-24(17)3)25(4)20(27)30/h6-9,12H,5,10-11H2,1-4H3. The van der Waals surface area contributed by atoms with Gasteiger partial charge in [0.25, 0.3) is 5.56 Å². The van der Waals surface area contributed by atoms with Gasteiger partial charge in [-0.2, -0.15) is 0 Å². The monoisotopic (exact) mass is 409 g/mol. The van der Waals surface area contributed by atoms with E-state index in [0.29, 0.717) is 5.65 Å². The second kappa shape index (κ2) is 7.29. The molecule has 1 aromatic carbocycles. The van der Waals surface area contributed by atoms with E-state index in [1.165, 1.54) is 22.8 Å². The smallest absolute Gasteiger partial charge is 0.332 e. The lowest BCUT2D eigenvalue weighted by molar-refractivity contribution is -0.131. The van der Waals surface area contributed by atoms with E-state index in [9.17, 15) is 14.4 Å². The molecule has 0 aliphatic rings. The molecular weight excluding hydrogens is 386 g/mol. The minimum absolute atomic E-state index is 0.268. The van der Waals surface area contributed by atoms with E-state index in [1.807, 2.05) is 35.8 Å². The summed E-state index contributed by atoms with van der Waals surface area (Å²) in [6, 6.07) is 7.79. The zero-order valence-electron chi connectivity index (χ0n) is 17.4. The SMILES string of the molecule is CCn1c(CN(C)C(=O)Cn2c(=O)c3c(ncn3C)n(C)c2=O)nc2ccccc21. The summed E-state index contributed by atoms with van der Waals surface area (Å²) in [6.07, 6.45) is 1.47. The predicted molar refractivity (Wildman–Crippen MR) is 112 cm³/mol. The number of carbonyl (C=O) groups is 1. The molecule has 4 aromatic rings. The normalized spacial score (nSPS) is 11.5. The van der Waals surface area contributed by atoms with E-state index >= 15 is 0 Å². The zero-order chi connectivity index (χ0) is 21.6. The molecular formula is C20H23N7O3. The van der Waals surface area contributed by atoms with Crippen LogP contribution >= 0.6 is 0 Å². The van der Waals surface area contributed by atoms with Crippen LogP contribution in [0.2, 0.25) is 0 Å². The first-order valence-electron chi connectivity index (χ1n) is 9.62. The van der Waals surface area contributed by atoms with Crippen LogP contribution in [0.4, 0.5) is 0 Å². The van der Waals surface area contributed by atoms with Crippen molar-refractivity contribution < 1.29 is 4.79 Å². The maximum Gasteiger partial charge on any atom is 0.332 e. The molecule has 0 atom stereocenters. The third kappa shape index (κ3) is 3.00. The number of aromatic nitrogens is 6. The topological polar surface area (TPSA) is 100.0 Å². The molecule has 1 amide bonds. The average molecular weight is 409 g/mol. The molecule has 0 aliphatic carbocycles. The number of hydrogen-bond acceptors (Lipinski definition) is 5. The Labute approximate surface area is 171 Å². The molecule has 3 heterocycles. The molecule has 0 spiro atoms. The van der Waals surface area contributed by atoms with Crippen LogP contribution in [0.5, 0.6) is 0 Å². The van der Waals surface area contributed by atoms with Gasteiger partial charge in [0.1, 0.15) is 12.4 Å². The number of benzene rings is 1. The lowest BCUT2D eigenvalue weighted by atomic mass is 10.3. The highest BCUT2D eigenvalue weighted by atomic mass is 16.2. The van der Waals surface area contributed by atoms with Gasteiger partial charge in [0.05, 0.1) is 23.9 Å². The van der Waals surface area contributed by atoms with Crippen LogP contribution in [0, 0.1) is 0 Å². The van der Waals surface area contributed by atoms with Gasteiger partial charge in [-0.05, 0) is 19.1 Å². The molecule has 0 radical (unpaired) electrons. The van der Waals surface area contributed by atoms with Gasteiger partial charge in [0, 0.05) is 27.7 Å². The van der Waals surface area contributed by atoms with Crippen LogP contribution in [0.1, 0.15) is 12.7 Å². The number of rotatable bonds is 5. The van der Waals surface area contributed by atoms with Gasteiger partial charge in [0.15, 0.2) is 11.2 Å². The highest BCUT2D eigenvalue weighted by Gasteiger charge is 2.20. The molecule has 0 saturated carbocycles. The number of likely N-dealkylation sites (N-methyl/N-ethyl adjacent to an activating group) is 1. The molecule has 10 heteroatoms. The van der Waals surface area contributed by atoms with Crippen LogP contribution in [0.15, 0.2) is 40.2 Å². The first kappa shape index (κ1) is 19.6. The first-order chi connectivity index (χ1) is 14.3. The van der Waals surface area contributed by atoms with E-state index in [0.717, 1.165) is 28.0 Å². The largest absolute Gasteiger partial charge is 0.337 e. The van der Waals surface area contributed by atoms with E-state index < -0.39 is 11.2 Å². The molecule has 0 bridgehead atoms. The summed E-state index contributed by atoms with van der Waals surface area (Å²) in [7, 11) is 4.85. The Morgan fingerprint density at radius 1 is 1.13 bits per heavy atom. The summed E-state index contributed by atoms with van der Waals surface area (Å²) in [5, 5.41) is 0. The number of carbonyl (C=O) groups excluding carboxylic acids is 1. The Morgan fingerprint density at radius 2 is 1.87 bits per heavy atom. The molecule has 0 fully saturated rings. The van der Waals surface area contributed by atoms with Gasteiger partial charge in [0.2, 0.25) is 5.91 Å². The van der Waals surface area contributed by atoms with Gasteiger partial charge in [-0.25, -0.2) is 19.3 Å². The molecule has 4 rings (SSSR count). The number of fused-ring (bicyclic) bond motifs is 2. The van der Waals surface area contributed by atoms with E-state index in [4.69, 9.17) is 0 Å². The fourth-order valence-electron chi connectivity index (χ4n) is 3.69. The summed E-state index contributed by atoms with van der Waals surface area (Å²) < 4.78 is 5.82. The number of para-hydroxylation sites is 2. The van der Waals surface area contributed by atoms with Gasteiger partial charge < -0.3 is 14.0 Å². The number of aryl methyl sites for hydroxylation is 3. The molecule has 3 aromatic heterocycles. The highest BCUT2D eigenvalue weighted by Crippen LogP contribution is 2.17. The molecule has 0 unspecified atom stereocenters. The maximum atomic E-state index is 12.9. The Bertz CT molecular complexity index is 1390. The van der Waals surface area contributed by atoms with Crippen molar-refractivity contribution in [2.45, 2.75) is 26.6 Å². The van der Waals surface area contributed by atoms with E-state index in [-0.39, 0.29) is 24.5 Å². The molecule has 0 N–H and O–H groups in total. The second-order valence-corrected chi connectivity index (χ2v) is 7.27. The molecule has 0 aliphatic heterocycles. The zero-order valence-corrected chi connectivity index (χ0v) is 17.4. The van der Waals surface area contributed by atoms with Crippen LogP contribution in [-0.2, 0) is 38.5 Å². The van der Waals surface area contributed by atoms with Crippen molar-refractivity contribution in [3.05, 3.63) is 57.3 Å². The Kier molecular flexibility index (Phi) is 4.76. The summed E-state index contributed by atoms with van der Waals surface area (Å²) >= 11 is 0. The summed E-state index contributed by atoms with van der Waals surface area (Å²) in [5.41, 5.74) is 1.33. The van der Waals surface area contributed by atoms with Crippen LogP contribution in [-0.4, -0.2) is 46.1 Å². The quantitative estimate of drug-likeness (QED) is 0.477.